The van der Waals surface area contributed by atoms with Crippen molar-refractivity contribution in [3.05, 3.63) is 6.04 Å². The molecule has 5 nitrogen and oxygen atoms in total. The highest BCUT2D eigenvalue weighted by Crippen LogP contribution is 2.26. The molecule has 5 N–H and O–H groups in total. The number of nitrogens with zero attached hydrogens (tertiary/aromatic N) is 1. The smallest absolute Gasteiger partial charge is 0.275 e. The van der Waals surface area contributed by atoms with Crippen LogP contribution in [0.2, 0.25) is 0 Å². The fourth-order valence-electron chi connectivity index (χ4n) is 1.41. The Labute approximate surface area is 72.0 Å². The topological polar surface area (TPSA) is 84.4 Å². The summed E-state index contributed by atoms with van der Waals surface area (Å²) in [6.07, 6.45) is 5.26. The minimum absolute atomic E-state index is 0.438. The predicted octanol–water partition coefficient (Wildman–Crippen LogP) is 0.241. The zero-order chi connectivity index (χ0) is 8.97. The number of rotatable bonds is 1. The molecule has 0 atom stereocenters. The van der Waals surface area contributed by atoms with Crippen LogP contribution in [0, 0.1) is 6.04 Å². The molecule has 0 aromatic heterocycles. The largest absolute Gasteiger partial charge is 0.346 e. The van der Waals surface area contributed by atoms with E-state index in [2.05, 4.69) is 0 Å². The van der Waals surface area contributed by atoms with Crippen molar-refractivity contribution in [3.8, 4) is 0 Å². The maximum atomic E-state index is 11.0. The van der Waals surface area contributed by atoms with E-state index >= 15 is 0 Å². The van der Waals surface area contributed by atoms with Gasteiger partial charge in [-0.3, -0.25) is 10.4 Å². The van der Waals surface area contributed by atoms with Crippen molar-refractivity contribution in [2.45, 2.75) is 32.1 Å². The lowest BCUT2D eigenvalue weighted by atomic mass is 9.95. The summed E-state index contributed by atoms with van der Waals surface area (Å²) in [4.78, 5) is 11.0. The highest BCUT2D eigenvalue weighted by Gasteiger charge is 2.22. The van der Waals surface area contributed by atoms with Crippen molar-refractivity contribution in [2.75, 3.05) is 0 Å². The molecule has 1 rings (SSSR count). The third-order valence-corrected chi connectivity index (χ3v) is 2.11. The molecule has 1 radical (unpaired) electrons. The summed E-state index contributed by atoms with van der Waals surface area (Å²) >= 11 is 0. The summed E-state index contributed by atoms with van der Waals surface area (Å²) < 4.78 is 0. The molecule has 1 aliphatic carbocycles. The quantitative estimate of drug-likeness (QED) is 0.300. The summed E-state index contributed by atoms with van der Waals surface area (Å²) in [5.41, 5.74) is 2.00. The molecule has 12 heavy (non-hydrogen) atoms. The van der Waals surface area contributed by atoms with Gasteiger partial charge < -0.3 is 0 Å². The monoisotopic (exact) mass is 171 g/mol. The molecule has 0 saturated heterocycles. The number of nitrogens with one attached hydrogen (secondary N) is 1. The Balaban J connectivity index is 2.39. The van der Waals surface area contributed by atoms with E-state index in [1.807, 2.05) is 5.43 Å². The first-order valence-corrected chi connectivity index (χ1v) is 4.16. The number of carbonyl (C=O) groups excluding carboxylic acids is 1. The lowest BCUT2D eigenvalue weighted by Gasteiger charge is -2.28. The van der Waals surface area contributed by atoms with Crippen molar-refractivity contribution < 1.29 is 4.79 Å². The van der Waals surface area contributed by atoms with Gasteiger partial charge in [-0.15, -0.1) is 0 Å². The second-order valence-corrected chi connectivity index (χ2v) is 2.95. The normalized spacial score (nSPS) is 18.8. The Bertz CT molecular complexity index is 155. The number of carbonyl (C=O) groups is 1. The Kier molecular flexibility index (Phi) is 3.31. The van der Waals surface area contributed by atoms with Crippen LogP contribution in [-0.2, 0) is 0 Å². The molecule has 1 fully saturated rings. The SMILES string of the molecule is NNC(=O)N(N)[C]1CCCCC1. The molecule has 69 valence electrons. The third-order valence-electron chi connectivity index (χ3n) is 2.11. The molecule has 0 bridgehead atoms. The van der Waals surface area contributed by atoms with E-state index < -0.39 is 6.03 Å². The Hall–Kier alpha value is -0.810. The molecule has 0 unspecified atom stereocenters. The van der Waals surface area contributed by atoms with Crippen LogP contribution in [-0.4, -0.2) is 11.0 Å². The molecule has 0 heterocycles. The average Bonchev–Trinajstić information content (AvgIpc) is 2.17. The van der Waals surface area contributed by atoms with Gasteiger partial charge in [0, 0.05) is 0 Å². The first-order valence-electron chi connectivity index (χ1n) is 4.16. The zero-order valence-corrected chi connectivity index (χ0v) is 7.05. The standard InChI is InChI=1S/C7H15N4O/c8-10-7(12)11(9)6-4-2-1-3-5-6/h1-5,8-9H2,(H,10,12). The van der Waals surface area contributed by atoms with E-state index in [-0.39, 0.29) is 0 Å². The van der Waals surface area contributed by atoms with Gasteiger partial charge in [0.1, 0.15) is 0 Å². The lowest BCUT2D eigenvalue weighted by Crippen LogP contribution is -2.49. The van der Waals surface area contributed by atoms with Crippen LogP contribution >= 0.6 is 0 Å². The number of amides is 2. The molecule has 0 aromatic carbocycles. The highest BCUT2D eigenvalue weighted by atomic mass is 16.2. The summed E-state index contributed by atoms with van der Waals surface area (Å²) in [7, 11) is 0. The van der Waals surface area contributed by atoms with E-state index in [4.69, 9.17) is 11.7 Å². The van der Waals surface area contributed by atoms with Crippen LogP contribution in [0.5, 0.6) is 0 Å². The second kappa shape index (κ2) is 4.27. The fraction of sp³-hybridized carbons (Fsp3) is 0.714. The maximum Gasteiger partial charge on any atom is 0.346 e. The first-order chi connectivity index (χ1) is 5.75. The minimum atomic E-state index is -0.438. The van der Waals surface area contributed by atoms with Crippen LogP contribution in [0.3, 0.4) is 0 Å². The number of hydrogen-bond donors (Lipinski definition) is 3. The van der Waals surface area contributed by atoms with Gasteiger partial charge in [-0.2, -0.15) is 0 Å². The van der Waals surface area contributed by atoms with Crippen molar-refractivity contribution in [1.29, 1.82) is 0 Å². The average molecular weight is 171 g/mol. The van der Waals surface area contributed by atoms with Gasteiger partial charge in [0.05, 0.1) is 6.04 Å². The summed E-state index contributed by atoms with van der Waals surface area (Å²) in [5.74, 6) is 10.5. The minimum Gasteiger partial charge on any atom is -0.275 e. The fourth-order valence-corrected chi connectivity index (χ4v) is 1.41. The van der Waals surface area contributed by atoms with Gasteiger partial charge in [0.15, 0.2) is 0 Å². The van der Waals surface area contributed by atoms with Crippen molar-refractivity contribution >= 4 is 6.03 Å². The van der Waals surface area contributed by atoms with Crippen LogP contribution < -0.4 is 17.1 Å². The molecule has 1 aliphatic rings. The van der Waals surface area contributed by atoms with Crippen LogP contribution in [0.15, 0.2) is 0 Å². The molecule has 0 spiro atoms. The molecule has 1 saturated carbocycles. The molecular weight excluding hydrogens is 156 g/mol. The number of hydrogen-bond acceptors (Lipinski definition) is 3. The van der Waals surface area contributed by atoms with Gasteiger partial charge in [-0.1, -0.05) is 19.3 Å². The van der Waals surface area contributed by atoms with Gasteiger partial charge in [-0.25, -0.2) is 16.5 Å². The van der Waals surface area contributed by atoms with E-state index in [1.165, 1.54) is 6.42 Å². The molecule has 0 aromatic rings. The van der Waals surface area contributed by atoms with Crippen LogP contribution in [0.4, 0.5) is 4.79 Å². The van der Waals surface area contributed by atoms with Crippen LogP contribution in [0.25, 0.3) is 0 Å². The molecule has 0 aliphatic heterocycles. The highest BCUT2D eigenvalue weighted by molar-refractivity contribution is 5.74. The zero-order valence-electron chi connectivity index (χ0n) is 7.05. The molecule has 5 heteroatoms. The van der Waals surface area contributed by atoms with Crippen LogP contribution in [0.1, 0.15) is 32.1 Å². The van der Waals surface area contributed by atoms with E-state index in [9.17, 15) is 4.79 Å². The second-order valence-electron chi connectivity index (χ2n) is 2.95. The molecule has 2 amide bonds. The summed E-state index contributed by atoms with van der Waals surface area (Å²) in [6, 6.07) is 0.538. The lowest BCUT2D eigenvalue weighted by molar-refractivity contribution is 0.192. The first kappa shape index (κ1) is 9.28. The van der Waals surface area contributed by atoms with Crippen molar-refractivity contribution in [1.82, 2.24) is 10.4 Å². The summed E-state index contributed by atoms with van der Waals surface area (Å²) in [5, 5.41) is 1.12. The number of hydrazine groups is 2. The molecular formula is C7H15N4O. The predicted molar refractivity (Wildman–Crippen MR) is 45.1 cm³/mol. The maximum absolute atomic E-state index is 11.0. The van der Waals surface area contributed by atoms with Gasteiger partial charge in [0.2, 0.25) is 0 Å². The van der Waals surface area contributed by atoms with Crippen molar-refractivity contribution in [2.24, 2.45) is 11.7 Å². The van der Waals surface area contributed by atoms with E-state index in [0.717, 1.165) is 36.7 Å². The Morgan fingerprint density at radius 2 is 1.92 bits per heavy atom. The third kappa shape index (κ3) is 2.09. The number of urea groups is 1. The van der Waals surface area contributed by atoms with Gasteiger partial charge in [0.25, 0.3) is 0 Å². The van der Waals surface area contributed by atoms with Gasteiger partial charge in [-0.05, 0) is 12.8 Å². The van der Waals surface area contributed by atoms with E-state index in [0.29, 0.717) is 0 Å². The number of nitrogens with two attached hydrogens (primary N) is 2. The van der Waals surface area contributed by atoms with E-state index in [1.54, 1.807) is 0 Å². The Morgan fingerprint density at radius 3 is 2.42 bits per heavy atom. The van der Waals surface area contributed by atoms with Crippen molar-refractivity contribution in [3.63, 3.8) is 0 Å². The summed E-state index contributed by atoms with van der Waals surface area (Å²) in [6.45, 7) is 0. The van der Waals surface area contributed by atoms with Gasteiger partial charge >= 0.3 is 6.03 Å². The Morgan fingerprint density at radius 1 is 1.33 bits per heavy atom.